The number of carboxylic acid groups (broad SMARTS) is 1. The van der Waals surface area contributed by atoms with E-state index in [1.54, 1.807) is 12.1 Å². The topological polar surface area (TPSA) is 105 Å². The number of rotatable bonds is 6. The van der Waals surface area contributed by atoms with E-state index in [2.05, 4.69) is 5.43 Å². The third-order valence-corrected chi connectivity index (χ3v) is 5.75. The molecule has 0 aliphatic carbocycles. The molecule has 8 nitrogen and oxygen atoms in total. The van der Waals surface area contributed by atoms with Gasteiger partial charge in [0, 0.05) is 10.6 Å². The Balaban J connectivity index is 1.91. The summed E-state index contributed by atoms with van der Waals surface area (Å²) in [6.45, 7) is 0. The second-order valence-corrected chi connectivity index (χ2v) is 8.15. The zero-order chi connectivity index (χ0) is 22.7. The van der Waals surface area contributed by atoms with E-state index < -0.39 is 17.8 Å². The molecule has 1 saturated heterocycles. The van der Waals surface area contributed by atoms with Gasteiger partial charge >= 0.3 is 5.97 Å². The highest BCUT2D eigenvalue weighted by Crippen LogP contribution is 2.37. The van der Waals surface area contributed by atoms with Crippen molar-refractivity contribution in [3.05, 3.63) is 63.0 Å². The van der Waals surface area contributed by atoms with Gasteiger partial charge in [-0.05, 0) is 54.2 Å². The maximum Gasteiger partial charge on any atom is 0.340 e. The highest BCUT2D eigenvalue weighted by atomic mass is 35.5. The molecule has 1 aliphatic heterocycles. The molecule has 0 bridgehead atoms. The average Bonchev–Trinajstić information content (AvgIpc) is 3.00. The molecule has 0 unspecified atom stereocenters. The summed E-state index contributed by atoms with van der Waals surface area (Å²) in [6, 6.07) is 9.13. The number of carbonyl (C=O) groups is 3. The number of benzene rings is 2. The van der Waals surface area contributed by atoms with Gasteiger partial charge in [0.1, 0.15) is 5.56 Å². The molecular formula is C20H15ClN2O6S2. The average molecular weight is 479 g/mol. The van der Waals surface area contributed by atoms with Crippen LogP contribution in [0, 0.1) is 0 Å². The minimum atomic E-state index is -1.26. The van der Waals surface area contributed by atoms with Crippen molar-refractivity contribution in [1.29, 1.82) is 0 Å². The molecule has 3 rings (SSSR count). The Morgan fingerprint density at radius 2 is 1.84 bits per heavy atom. The predicted molar refractivity (Wildman–Crippen MR) is 120 cm³/mol. The van der Waals surface area contributed by atoms with Crippen molar-refractivity contribution in [2.24, 2.45) is 0 Å². The fourth-order valence-corrected chi connectivity index (χ4v) is 4.05. The smallest absolute Gasteiger partial charge is 0.340 e. The quantitative estimate of drug-likeness (QED) is 0.479. The molecule has 0 atom stereocenters. The summed E-state index contributed by atoms with van der Waals surface area (Å²) in [5, 5.41) is 11.0. The Bertz CT molecular complexity index is 1120. The van der Waals surface area contributed by atoms with Crippen molar-refractivity contribution < 1.29 is 29.0 Å². The van der Waals surface area contributed by atoms with E-state index in [1.807, 2.05) is 0 Å². The van der Waals surface area contributed by atoms with E-state index in [0.29, 0.717) is 5.02 Å². The van der Waals surface area contributed by atoms with Gasteiger partial charge in [-0.25, -0.2) is 4.79 Å². The van der Waals surface area contributed by atoms with Crippen LogP contribution in [-0.2, 0) is 4.79 Å². The fraction of sp³-hybridized carbons (Fsp3) is 0.100. The Morgan fingerprint density at radius 3 is 2.42 bits per heavy atom. The lowest BCUT2D eigenvalue weighted by molar-refractivity contribution is -0.123. The van der Waals surface area contributed by atoms with E-state index >= 15 is 0 Å². The second-order valence-electron chi connectivity index (χ2n) is 6.04. The maximum atomic E-state index is 12.8. The number of ether oxygens (including phenoxy) is 2. The zero-order valence-electron chi connectivity index (χ0n) is 16.2. The van der Waals surface area contributed by atoms with Gasteiger partial charge in [-0.1, -0.05) is 29.4 Å². The molecule has 11 heteroatoms. The summed E-state index contributed by atoms with van der Waals surface area (Å²) in [4.78, 5) is 37.2. The first-order chi connectivity index (χ1) is 14.8. The maximum absolute atomic E-state index is 12.8. The Hall–Kier alpha value is -3.08. The van der Waals surface area contributed by atoms with E-state index in [4.69, 9.17) is 33.3 Å². The minimum Gasteiger partial charge on any atom is -0.493 e. The van der Waals surface area contributed by atoms with E-state index in [0.717, 1.165) is 16.8 Å². The number of thiocarbonyl (C=S) groups is 1. The molecule has 0 radical (unpaired) electrons. The van der Waals surface area contributed by atoms with Gasteiger partial charge in [-0.15, -0.1) is 0 Å². The van der Waals surface area contributed by atoms with Crippen molar-refractivity contribution in [2.75, 3.05) is 14.2 Å². The molecule has 31 heavy (non-hydrogen) atoms. The molecule has 0 aromatic heterocycles. The Labute approximate surface area is 191 Å². The number of aromatic carboxylic acids is 1. The van der Waals surface area contributed by atoms with E-state index in [1.165, 1.54) is 44.6 Å². The van der Waals surface area contributed by atoms with Crippen molar-refractivity contribution in [1.82, 2.24) is 10.4 Å². The van der Waals surface area contributed by atoms with Gasteiger partial charge in [-0.3, -0.25) is 15.0 Å². The van der Waals surface area contributed by atoms with Crippen LogP contribution in [0.2, 0.25) is 5.02 Å². The summed E-state index contributed by atoms with van der Waals surface area (Å²) in [5.74, 6) is -2.14. The summed E-state index contributed by atoms with van der Waals surface area (Å²) in [7, 11) is 2.71. The summed E-state index contributed by atoms with van der Waals surface area (Å²) < 4.78 is 10.4. The summed E-state index contributed by atoms with van der Waals surface area (Å²) in [5.41, 5.74) is 2.78. The van der Waals surface area contributed by atoms with Crippen LogP contribution in [0.5, 0.6) is 11.5 Å². The van der Waals surface area contributed by atoms with Crippen molar-refractivity contribution in [3.63, 3.8) is 0 Å². The molecule has 2 aromatic carbocycles. The third-order valence-electron chi connectivity index (χ3n) is 4.19. The van der Waals surface area contributed by atoms with Crippen LogP contribution in [0.4, 0.5) is 0 Å². The number of halogens is 1. The van der Waals surface area contributed by atoms with Gasteiger partial charge < -0.3 is 14.6 Å². The van der Waals surface area contributed by atoms with Crippen LogP contribution in [0.1, 0.15) is 26.3 Å². The number of hydrogen-bond acceptors (Lipinski definition) is 7. The molecular weight excluding hydrogens is 464 g/mol. The number of carboxylic acids is 1. The number of thioether (sulfide) groups is 1. The molecule has 160 valence electrons. The molecule has 0 saturated carbocycles. The molecule has 1 fully saturated rings. The normalized spacial score (nSPS) is 14.7. The number of nitrogens with one attached hydrogen (secondary N) is 1. The zero-order valence-corrected chi connectivity index (χ0v) is 18.6. The summed E-state index contributed by atoms with van der Waals surface area (Å²) >= 11 is 11.9. The van der Waals surface area contributed by atoms with Gasteiger partial charge in [0.25, 0.3) is 11.8 Å². The van der Waals surface area contributed by atoms with Gasteiger partial charge in [-0.2, -0.15) is 5.01 Å². The molecule has 2 amide bonds. The van der Waals surface area contributed by atoms with Gasteiger partial charge in [0.2, 0.25) is 0 Å². The third kappa shape index (κ3) is 4.66. The van der Waals surface area contributed by atoms with Crippen LogP contribution in [0.15, 0.2) is 41.3 Å². The van der Waals surface area contributed by atoms with Gasteiger partial charge in [0.05, 0.1) is 19.1 Å². The SMILES string of the molecule is COc1ccc(/C=C2/SC(=S)N(NC(=O)c3ccc(Cl)cc3)C2=O)c(C(=O)O)c1OC. The first-order valence-corrected chi connectivity index (χ1v) is 10.2. The first-order valence-electron chi connectivity index (χ1n) is 8.59. The standard InChI is InChI=1S/C20H15ClN2O6S2/c1-28-13-8-5-11(15(19(26)27)16(13)29-2)9-14-18(25)23(20(30)31-14)22-17(24)10-3-6-12(21)7-4-10/h3-9H,1-2H3,(H,22,24)(H,26,27)/b14-9+. The van der Waals surface area contributed by atoms with E-state index in [9.17, 15) is 19.5 Å². The number of amides is 2. The Kier molecular flexibility index (Phi) is 6.84. The minimum absolute atomic E-state index is 0.0234. The highest BCUT2D eigenvalue weighted by molar-refractivity contribution is 8.26. The van der Waals surface area contributed by atoms with E-state index in [-0.39, 0.29) is 37.4 Å². The lowest BCUT2D eigenvalue weighted by atomic mass is 10.0. The van der Waals surface area contributed by atoms with Crippen molar-refractivity contribution in [2.45, 2.75) is 0 Å². The first kappa shape index (κ1) is 22.6. The molecule has 1 heterocycles. The van der Waals surface area contributed by atoms with Crippen LogP contribution in [0.3, 0.4) is 0 Å². The fourth-order valence-electron chi connectivity index (χ4n) is 2.76. The number of carbonyl (C=O) groups excluding carboxylic acids is 2. The number of methoxy groups -OCH3 is 2. The summed E-state index contributed by atoms with van der Waals surface area (Å²) in [6.07, 6.45) is 1.37. The molecule has 2 N–H and O–H groups in total. The number of nitrogens with zero attached hydrogens (tertiary/aromatic N) is 1. The monoisotopic (exact) mass is 478 g/mol. The molecule has 1 aliphatic rings. The largest absolute Gasteiger partial charge is 0.493 e. The lowest BCUT2D eigenvalue weighted by Crippen LogP contribution is -2.44. The van der Waals surface area contributed by atoms with Crippen molar-refractivity contribution in [3.8, 4) is 11.5 Å². The predicted octanol–water partition coefficient (Wildman–Crippen LogP) is 3.60. The number of hydrazine groups is 1. The highest BCUT2D eigenvalue weighted by Gasteiger charge is 2.34. The van der Waals surface area contributed by atoms with Crippen molar-refractivity contribution >= 4 is 63.8 Å². The Morgan fingerprint density at radius 1 is 1.16 bits per heavy atom. The molecule has 0 spiro atoms. The van der Waals surface area contributed by atoms with Crippen LogP contribution >= 0.6 is 35.6 Å². The van der Waals surface area contributed by atoms with Crippen LogP contribution in [-0.4, -0.2) is 46.4 Å². The number of hydrogen-bond donors (Lipinski definition) is 2. The second kappa shape index (κ2) is 9.38. The van der Waals surface area contributed by atoms with Crippen LogP contribution < -0.4 is 14.9 Å². The lowest BCUT2D eigenvalue weighted by Gasteiger charge is -2.15. The molecule has 2 aromatic rings. The van der Waals surface area contributed by atoms with Gasteiger partial charge in [0.15, 0.2) is 15.8 Å². The van der Waals surface area contributed by atoms with Crippen LogP contribution in [0.25, 0.3) is 6.08 Å².